The van der Waals surface area contributed by atoms with E-state index in [-0.39, 0.29) is 11.9 Å². The minimum atomic E-state index is -0.0663. The van der Waals surface area contributed by atoms with Crippen LogP contribution in [0, 0.1) is 5.92 Å². The largest absolute Gasteiger partial charge is 0.387 e. The zero-order valence-corrected chi connectivity index (χ0v) is 12.2. The van der Waals surface area contributed by atoms with E-state index in [9.17, 15) is 4.79 Å². The van der Waals surface area contributed by atoms with E-state index < -0.39 is 0 Å². The average molecular weight is 264 g/mol. The number of para-hydroxylation sites is 1. The minimum absolute atomic E-state index is 0.0253. The molecule has 0 fully saturated rings. The normalized spacial score (nSPS) is 12.3. The van der Waals surface area contributed by atoms with Gasteiger partial charge in [0.1, 0.15) is 0 Å². The maximum absolute atomic E-state index is 12.3. The summed E-state index contributed by atoms with van der Waals surface area (Å²) in [5, 5.41) is 6.07. The average Bonchev–Trinajstić information content (AvgIpc) is 2.42. The number of amides is 1. The van der Waals surface area contributed by atoms with E-state index in [1.165, 1.54) is 0 Å². The fourth-order valence-electron chi connectivity index (χ4n) is 1.79. The summed E-state index contributed by atoms with van der Waals surface area (Å²) in [4.78, 5) is 12.3. The van der Waals surface area contributed by atoms with Gasteiger partial charge in [-0.2, -0.15) is 0 Å². The SMILES string of the molecule is CCOCC(NC(=O)c1ccccc1NC)C(C)C. The second-order valence-corrected chi connectivity index (χ2v) is 4.78. The van der Waals surface area contributed by atoms with Crippen LogP contribution in [0.5, 0.6) is 0 Å². The van der Waals surface area contributed by atoms with Crippen LogP contribution in [0.3, 0.4) is 0 Å². The molecule has 4 heteroatoms. The predicted octanol–water partition coefficient (Wildman–Crippen LogP) is 2.52. The quantitative estimate of drug-likeness (QED) is 0.795. The topological polar surface area (TPSA) is 50.4 Å². The number of rotatable bonds is 7. The molecule has 0 aliphatic rings. The Hall–Kier alpha value is -1.55. The number of carbonyl (C=O) groups excluding carboxylic acids is 1. The molecule has 1 aromatic carbocycles. The molecule has 19 heavy (non-hydrogen) atoms. The van der Waals surface area contributed by atoms with Crippen molar-refractivity contribution in [3.63, 3.8) is 0 Å². The van der Waals surface area contributed by atoms with Crippen molar-refractivity contribution in [1.82, 2.24) is 5.32 Å². The van der Waals surface area contributed by atoms with Gasteiger partial charge in [-0.3, -0.25) is 4.79 Å². The summed E-state index contributed by atoms with van der Waals surface area (Å²) >= 11 is 0. The van der Waals surface area contributed by atoms with Crippen LogP contribution >= 0.6 is 0 Å². The molecular formula is C15H24N2O2. The Kier molecular flexibility index (Phi) is 6.36. The highest BCUT2D eigenvalue weighted by atomic mass is 16.5. The van der Waals surface area contributed by atoms with Crippen LogP contribution in [-0.2, 0) is 4.74 Å². The molecule has 0 aliphatic carbocycles. The summed E-state index contributed by atoms with van der Waals surface area (Å²) in [6.45, 7) is 7.31. The molecule has 0 heterocycles. The molecule has 1 amide bonds. The van der Waals surface area contributed by atoms with Crippen LogP contribution in [-0.4, -0.2) is 32.2 Å². The fraction of sp³-hybridized carbons (Fsp3) is 0.533. The fourth-order valence-corrected chi connectivity index (χ4v) is 1.79. The Morgan fingerprint density at radius 1 is 1.32 bits per heavy atom. The first-order valence-electron chi connectivity index (χ1n) is 6.75. The standard InChI is InChI=1S/C15H24N2O2/c1-5-19-10-14(11(2)3)17-15(18)12-8-6-7-9-13(12)16-4/h6-9,11,14,16H,5,10H2,1-4H3,(H,17,18). The molecule has 1 unspecified atom stereocenters. The third-order valence-electron chi connectivity index (χ3n) is 3.06. The van der Waals surface area contributed by atoms with E-state index in [0.29, 0.717) is 24.7 Å². The summed E-state index contributed by atoms with van der Waals surface area (Å²) in [5.41, 5.74) is 1.49. The third kappa shape index (κ3) is 4.56. The Morgan fingerprint density at radius 2 is 2.00 bits per heavy atom. The molecular weight excluding hydrogens is 240 g/mol. The molecule has 0 spiro atoms. The maximum atomic E-state index is 12.3. The molecule has 0 saturated heterocycles. The number of ether oxygens (including phenoxy) is 1. The molecule has 1 rings (SSSR count). The second kappa shape index (κ2) is 7.79. The lowest BCUT2D eigenvalue weighted by Crippen LogP contribution is -2.42. The second-order valence-electron chi connectivity index (χ2n) is 4.78. The van der Waals surface area contributed by atoms with E-state index in [2.05, 4.69) is 24.5 Å². The van der Waals surface area contributed by atoms with E-state index in [1.54, 1.807) is 0 Å². The number of carbonyl (C=O) groups is 1. The van der Waals surface area contributed by atoms with Crippen molar-refractivity contribution in [2.45, 2.75) is 26.8 Å². The highest BCUT2D eigenvalue weighted by Crippen LogP contribution is 2.14. The number of nitrogens with one attached hydrogen (secondary N) is 2. The first-order chi connectivity index (χ1) is 9.10. The van der Waals surface area contributed by atoms with Gasteiger partial charge in [0.2, 0.25) is 0 Å². The number of hydrogen-bond donors (Lipinski definition) is 2. The van der Waals surface area contributed by atoms with Crippen molar-refractivity contribution in [3.05, 3.63) is 29.8 Å². The van der Waals surface area contributed by atoms with Crippen molar-refractivity contribution in [2.24, 2.45) is 5.92 Å². The first-order valence-corrected chi connectivity index (χ1v) is 6.75. The monoisotopic (exact) mass is 264 g/mol. The van der Waals surface area contributed by atoms with Gasteiger partial charge in [0.25, 0.3) is 5.91 Å². The summed E-state index contributed by atoms with van der Waals surface area (Å²) in [7, 11) is 1.81. The van der Waals surface area contributed by atoms with Gasteiger partial charge in [0, 0.05) is 19.3 Å². The minimum Gasteiger partial charge on any atom is -0.387 e. The smallest absolute Gasteiger partial charge is 0.253 e. The summed E-state index contributed by atoms with van der Waals surface area (Å²) in [5.74, 6) is 0.264. The molecule has 4 nitrogen and oxygen atoms in total. The predicted molar refractivity (Wildman–Crippen MR) is 78.6 cm³/mol. The van der Waals surface area contributed by atoms with Crippen molar-refractivity contribution in [2.75, 3.05) is 25.6 Å². The van der Waals surface area contributed by atoms with E-state index in [4.69, 9.17) is 4.74 Å². The third-order valence-corrected chi connectivity index (χ3v) is 3.06. The van der Waals surface area contributed by atoms with E-state index in [0.717, 1.165) is 5.69 Å². The lowest BCUT2D eigenvalue weighted by atomic mass is 10.0. The van der Waals surface area contributed by atoms with Crippen molar-refractivity contribution in [1.29, 1.82) is 0 Å². The van der Waals surface area contributed by atoms with Gasteiger partial charge >= 0.3 is 0 Å². The van der Waals surface area contributed by atoms with Gasteiger partial charge in [0.15, 0.2) is 0 Å². The van der Waals surface area contributed by atoms with Gasteiger partial charge in [-0.15, -0.1) is 0 Å². The Balaban J connectivity index is 2.76. The molecule has 1 atom stereocenters. The molecule has 0 saturated carbocycles. The van der Waals surface area contributed by atoms with Crippen LogP contribution in [0.25, 0.3) is 0 Å². The molecule has 0 aliphatic heterocycles. The van der Waals surface area contributed by atoms with Gasteiger partial charge in [-0.05, 0) is 25.0 Å². The van der Waals surface area contributed by atoms with Gasteiger partial charge in [0.05, 0.1) is 18.2 Å². The lowest BCUT2D eigenvalue weighted by Gasteiger charge is -2.22. The van der Waals surface area contributed by atoms with Crippen molar-refractivity contribution >= 4 is 11.6 Å². The summed E-state index contributed by atoms with van der Waals surface area (Å²) in [6, 6.07) is 7.50. The van der Waals surface area contributed by atoms with Crippen LogP contribution in [0.1, 0.15) is 31.1 Å². The van der Waals surface area contributed by atoms with Gasteiger partial charge in [-0.1, -0.05) is 26.0 Å². The van der Waals surface area contributed by atoms with Crippen LogP contribution in [0.2, 0.25) is 0 Å². The van der Waals surface area contributed by atoms with Crippen molar-refractivity contribution < 1.29 is 9.53 Å². The first kappa shape index (κ1) is 15.5. The molecule has 0 radical (unpaired) electrons. The zero-order valence-electron chi connectivity index (χ0n) is 12.2. The number of anilines is 1. The molecule has 0 bridgehead atoms. The van der Waals surface area contributed by atoms with Gasteiger partial charge < -0.3 is 15.4 Å². The highest BCUT2D eigenvalue weighted by Gasteiger charge is 2.18. The van der Waals surface area contributed by atoms with Crippen molar-refractivity contribution in [3.8, 4) is 0 Å². The maximum Gasteiger partial charge on any atom is 0.253 e. The van der Waals surface area contributed by atoms with Crippen LogP contribution < -0.4 is 10.6 Å². The molecule has 106 valence electrons. The number of benzene rings is 1. The molecule has 0 aromatic heterocycles. The molecule has 2 N–H and O–H groups in total. The summed E-state index contributed by atoms with van der Waals surface area (Å²) in [6.07, 6.45) is 0. The Labute approximate surface area is 115 Å². The lowest BCUT2D eigenvalue weighted by molar-refractivity contribution is 0.0807. The van der Waals surface area contributed by atoms with E-state index >= 15 is 0 Å². The Bertz CT molecular complexity index is 405. The number of hydrogen-bond acceptors (Lipinski definition) is 3. The van der Waals surface area contributed by atoms with E-state index in [1.807, 2.05) is 38.2 Å². The molecule has 1 aromatic rings. The Morgan fingerprint density at radius 3 is 2.58 bits per heavy atom. The highest BCUT2D eigenvalue weighted by molar-refractivity contribution is 5.99. The van der Waals surface area contributed by atoms with Gasteiger partial charge in [-0.25, -0.2) is 0 Å². The summed E-state index contributed by atoms with van der Waals surface area (Å²) < 4.78 is 5.42. The zero-order chi connectivity index (χ0) is 14.3. The van der Waals surface area contributed by atoms with Crippen LogP contribution in [0.4, 0.5) is 5.69 Å². The van der Waals surface area contributed by atoms with Crippen LogP contribution in [0.15, 0.2) is 24.3 Å².